The molecule has 0 bridgehead atoms. The Hall–Kier alpha value is -1.34. The van der Waals surface area contributed by atoms with Crippen molar-refractivity contribution >= 4 is 12.0 Å². The van der Waals surface area contributed by atoms with Crippen LogP contribution in [-0.4, -0.2) is 104 Å². The number of piperazine rings is 1. The van der Waals surface area contributed by atoms with Gasteiger partial charge in [0.15, 0.2) is 0 Å². The van der Waals surface area contributed by atoms with E-state index in [2.05, 4.69) is 23.9 Å². The first-order valence-electron chi connectivity index (χ1n) is 7.41. The number of carboxylic acid groups (broad SMARTS) is 1. The summed E-state index contributed by atoms with van der Waals surface area (Å²) < 4.78 is 0. The number of hydrogen-bond acceptors (Lipinski definition) is 4. The minimum absolute atomic E-state index is 0.0737. The van der Waals surface area contributed by atoms with Crippen molar-refractivity contribution in [3.05, 3.63) is 0 Å². The number of urea groups is 1. The van der Waals surface area contributed by atoms with Gasteiger partial charge in [-0.15, -0.1) is 0 Å². The first-order chi connectivity index (χ1) is 9.81. The van der Waals surface area contributed by atoms with Crippen LogP contribution in [0, 0.1) is 5.92 Å². The van der Waals surface area contributed by atoms with Crippen molar-refractivity contribution in [2.75, 3.05) is 67.0 Å². The molecule has 1 atom stereocenters. The van der Waals surface area contributed by atoms with Crippen LogP contribution in [-0.2, 0) is 4.79 Å². The van der Waals surface area contributed by atoms with Crippen molar-refractivity contribution < 1.29 is 14.7 Å². The van der Waals surface area contributed by atoms with Gasteiger partial charge in [-0.1, -0.05) is 6.92 Å². The smallest absolute Gasteiger partial charge is 0.319 e. The Labute approximate surface area is 127 Å². The van der Waals surface area contributed by atoms with E-state index in [1.54, 1.807) is 18.9 Å². The zero-order valence-corrected chi connectivity index (χ0v) is 13.6. The SMILES string of the molecule is CC(CN(C)C(=O)N1CCN(CCN(C)C)CC1)C(=O)O. The molecular weight excluding hydrogens is 272 g/mol. The van der Waals surface area contributed by atoms with E-state index >= 15 is 0 Å². The standard InChI is InChI=1S/C14H28N4O3/c1-12(13(19)20)11-16(4)14(21)18-9-7-17(8-10-18)6-5-15(2)3/h12H,5-11H2,1-4H3,(H,19,20). The molecule has 0 aromatic carbocycles. The first-order valence-corrected chi connectivity index (χ1v) is 7.41. The molecule has 0 aromatic rings. The summed E-state index contributed by atoms with van der Waals surface area (Å²) in [5, 5.41) is 8.90. The highest BCUT2D eigenvalue weighted by Crippen LogP contribution is 2.07. The lowest BCUT2D eigenvalue weighted by Gasteiger charge is -2.37. The fourth-order valence-corrected chi connectivity index (χ4v) is 2.31. The molecule has 1 heterocycles. The van der Waals surface area contributed by atoms with Crippen LogP contribution >= 0.6 is 0 Å². The van der Waals surface area contributed by atoms with Crippen molar-refractivity contribution in [3.63, 3.8) is 0 Å². The number of rotatable bonds is 6. The van der Waals surface area contributed by atoms with Gasteiger partial charge in [-0.3, -0.25) is 9.69 Å². The number of likely N-dealkylation sites (N-methyl/N-ethyl adjacent to an activating group) is 1. The highest BCUT2D eigenvalue weighted by Gasteiger charge is 2.25. The van der Waals surface area contributed by atoms with Crippen LogP contribution < -0.4 is 0 Å². The summed E-state index contributed by atoms with van der Waals surface area (Å²) in [5.41, 5.74) is 0. The van der Waals surface area contributed by atoms with E-state index in [0.717, 1.165) is 26.2 Å². The minimum atomic E-state index is -0.872. The molecule has 1 unspecified atom stereocenters. The third-order valence-electron chi connectivity index (χ3n) is 3.80. The number of carbonyl (C=O) groups is 2. The zero-order valence-electron chi connectivity index (χ0n) is 13.6. The number of amides is 2. The summed E-state index contributed by atoms with van der Waals surface area (Å²) in [6.07, 6.45) is 0. The zero-order chi connectivity index (χ0) is 16.0. The Bertz CT molecular complexity index is 354. The molecule has 7 nitrogen and oxygen atoms in total. The van der Waals surface area contributed by atoms with E-state index in [-0.39, 0.29) is 12.6 Å². The minimum Gasteiger partial charge on any atom is -0.481 e. The molecule has 1 rings (SSSR count). The van der Waals surface area contributed by atoms with Gasteiger partial charge in [0, 0.05) is 52.9 Å². The van der Waals surface area contributed by atoms with Gasteiger partial charge in [0.1, 0.15) is 0 Å². The van der Waals surface area contributed by atoms with Crippen molar-refractivity contribution in [3.8, 4) is 0 Å². The molecule has 1 aliphatic rings. The predicted molar refractivity (Wildman–Crippen MR) is 81.4 cm³/mol. The Balaban J connectivity index is 2.35. The van der Waals surface area contributed by atoms with Crippen molar-refractivity contribution in [1.82, 2.24) is 19.6 Å². The Kier molecular flexibility index (Phi) is 6.91. The van der Waals surface area contributed by atoms with Crippen LogP contribution in [0.4, 0.5) is 4.79 Å². The molecule has 0 spiro atoms. The topological polar surface area (TPSA) is 67.3 Å². The van der Waals surface area contributed by atoms with E-state index in [9.17, 15) is 9.59 Å². The van der Waals surface area contributed by atoms with E-state index in [4.69, 9.17) is 5.11 Å². The van der Waals surface area contributed by atoms with Crippen LogP contribution in [0.15, 0.2) is 0 Å². The van der Waals surface area contributed by atoms with Crippen molar-refractivity contribution in [2.45, 2.75) is 6.92 Å². The van der Waals surface area contributed by atoms with Crippen molar-refractivity contribution in [1.29, 1.82) is 0 Å². The molecule has 0 saturated carbocycles. The van der Waals surface area contributed by atoms with Gasteiger partial charge in [0.25, 0.3) is 0 Å². The van der Waals surface area contributed by atoms with Gasteiger partial charge in [-0.25, -0.2) is 4.79 Å². The molecule has 0 aromatic heterocycles. The maximum atomic E-state index is 12.3. The van der Waals surface area contributed by atoms with Gasteiger partial charge in [-0.2, -0.15) is 0 Å². The van der Waals surface area contributed by atoms with Crippen LogP contribution in [0.1, 0.15) is 6.92 Å². The largest absolute Gasteiger partial charge is 0.481 e. The fourth-order valence-electron chi connectivity index (χ4n) is 2.31. The summed E-state index contributed by atoms with van der Waals surface area (Å²) in [6, 6.07) is -0.0737. The Morgan fingerprint density at radius 3 is 2.19 bits per heavy atom. The van der Waals surface area contributed by atoms with E-state index in [0.29, 0.717) is 13.1 Å². The average molecular weight is 300 g/mol. The lowest BCUT2D eigenvalue weighted by molar-refractivity contribution is -0.141. The number of hydrogen-bond donors (Lipinski definition) is 1. The molecule has 1 N–H and O–H groups in total. The fraction of sp³-hybridized carbons (Fsp3) is 0.857. The summed E-state index contributed by atoms with van der Waals surface area (Å²) >= 11 is 0. The molecule has 0 radical (unpaired) electrons. The molecule has 1 saturated heterocycles. The normalized spacial score (nSPS) is 17.9. The van der Waals surface area contributed by atoms with Gasteiger partial charge >= 0.3 is 12.0 Å². The molecule has 0 aliphatic carbocycles. The van der Waals surface area contributed by atoms with E-state index < -0.39 is 11.9 Å². The van der Waals surface area contributed by atoms with Crippen LogP contribution in [0.5, 0.6) is 0 Å². The van der Waals surface area contributed by atoms with Gasteiger partial charge in [-0.05, 0) is 14.1 Å². The second kappa shape index (κ2) is 8.19. The van der Waals surface area contributed by atoms with Gasteiger partial charge in [0.2, 0.25) is 0 Å². The highest BCUT2D eigenvalue weighted by molar-refractivity contribution is 5.76. The molecule has 1 aliphatic heterocycles. The summed E-state index contributed by atoms with van der Waals surface area (Å²) in [6.45, 7) is 7.06. The maximum absolute atomic E-state index is 12.3. The van der Waals surface area contributed by atoms with Crippen LogP contribution in [0.3, 0.4) is 0 Å². The van der Waals surface area contributed by atoms with E-state index in [1.807, 2.05) is 0 Å². The summed E-state index contributed by atoms with van der Waals surface area (Å²) in [4.78, 5) is 30.9. The predicted octanol–water partition coefficient (Wildman–Crippen LogP) is -0.0619. The molecule has 7 heteroatoms. The number of nitrogens with zero attached hydrogens (tertiary/aromatic N) is 4. The molecular formula is C14H28N4O3. The summed E-state index contributed by atoms with van der Waals surface area (Å²) in [5.74, 6) is -1.41. The van der Waals surface area contributed by atoms with Gasteiger partial charge < -0.3 is 19.8 Å². The molecule has 122 valence electrons. The average Bonchev–Trinajstić information content (AvgIpc) is 2.44. The lowest BCUT2D eigenvalue weighted by atomic mass is 10.2. The van der Waals surface area contributed by atoms with Crippen molar-refractivity contribution in [2.24, 2.45) is 5.92 Å². The van der Waals surface area contributed by atoms with E-state index in [1.165, 1.54) is 4.90 Å². The molecule has 21 heavy (non-hydrogen) atoms. The molecule has 1 fully saturated rings. The Morgan fingerprint density at radius 1 is 1.14 bits per heavy atom. The third kappa shape index (κ3) is 5.89. The number of carboxylic acids is 1. The number of aliphatic carboxylic acids is 1. The van der Waals surface area contributed by atoms with Crippen LogP contribution in [0.25, 0.3) is 0 Å². The number of carbonyl (C=O) groups excluding carboxylic acids is 1. The third-order valence-corrected chi connectivity index (χ3v) is 3.80. The van der Waals surface area contributed by atoms with Crippen LogP contribution in [0.2, 0.25) is 0 Å². The monoisotopic (exact) mass is 300 g/mol. The first kappa shape index (κ1) is 17.7. The lowest BCUT2D eigenvalue weighted by Crippen LogP contribution is -2.53. The molecule has 2 amide bonds. The maximum Gasteiger partial charge on any atom is 0.319 e. The Morgan fingerprint density at radius 2 is 1.71 bits per heavy atom. The summed E-state index contributed by atoms with van der Waals surface area (Å²) in [7, 11) is 5.77. The second-order valence-corrected chi connectivity index (χ2v) is 6.03. The highest BCUT2D eigenvalue weighted by atomic mass is 16.4. The van der Waals surface area contributed by atoms with Gasteiger partial charge in [0.05, 0.1) is 5.92 Å². The quantitative estimate of drug-likeness (QED) is 0.744. The second-order valence-electron chi connectivity index (χ2n) is 6.03.